The third-order valence-corrected chi connectivity index (χ3v) is 3.67. The zero-order valence-corrected chi connectivity index (χ0v) is 15.7. The first-order chi connectivity index (χ1) is 12.1. The summed E-state index contributed by atoms with van der Waals surface area (Å²) in [5.74, 6) is 0.178. The van der Waals surface area contributed by atoms with Crippen LogP contribution in [0.15, 0.2) is 54.6 Å². The molecule has 0 bridgehead atoms. The van der Waals surface area contributed by atoms with Gasteiger partial charge in [0.2, 0.25) is 11.8 Å². The molecule has 0 aliphatic rings. The number of para-hydroxylation sites is 3. The lowest BCUT2D eigenvalue weighted by molar-refractivity contribution is -0.132. The van der Waals surface area contributed by atoms with E-state index in [4.69, 9.17) is 4.74 Å². The van der Waals surface area contributed by atoms with E-state index >= 15 is 0 Å². The van der Waals surface area contributed by atoms with Gasteiger partial charge in [0.05, 0.1) is 25.9 Å². The minimum absolute atomic E-state index is 0. The number of rotatable bonds is 8. The number of ether oxygens (including phenoxy) is 1. The summed E-state index contributed by atoms with van der Waals surface area (Å²) in [5, 5.41) is 5.83. The molecule has 0 aromatic heterocycles. The van der Waals surface area contributed by atoms with Crippen molar-refractivity contribution in [2.75, 3.05) is 37.4 Å². The number of hydrogen-bond acceptors (Lipinski definition) is 4. The predicted molar refractivity (Wildman–Crippen MR) is 106 cm³/mol. The molecule has 2 rings (SSSR count). The van der Waals surface area contributed by atoms with E-state index in [1.807, 2.05) is 49.4 Å². The van der Waals surface area contributed by atoms with Crippen LogP contribution >= 0.6 is 12.4 Å². The zero-order valence-electron chi connectivity index (χ0n) is 14.9. The molecule has 0 heterocycles. The van der Waals surface area contributed by atoms with E-state index in [0.717, 1.165) is 5.69 Å². The maximum absolute atomic E-state index is 12.3. The molecule has 0 fully saturated rings. The van der Waals surface area contributed by atoms with Crippen LogP contribution in [-0.2, 0) is 9.59 Å². The highest BCUT2D eigenvalue weighted by Gasteiger charge is 2.16. The summed E-state index contributed by atoms with van der Waals surface area (Å²) in [6.07, 6.45) is 0. The van der Waals surface area contributed by atoms with Crippen LogP contribution in [0.1, 0.15) is 6.92 Å². The van der Waals surface area contributed by atoms with Crippen LogP contribution < -0.4 is 15.4 Å². The summed E-state index contributed by atoms with van der Waals surface area (Å²) < 4.78 is 5.21. The molecular weight excluding hydrogens is 354 g/mol. The van der Waals surface area contributed by atoms with Crippen molar-refractivity contribution in [3.05, 3.63) is 54.6 Å². The lowest BCUT2D eigenvalue weighted by Crippen LogP contribution is -2.40. The van der Waals surface area contributed by atoms with Crippen molar-refractivity contribution in [1.82, 2.24) is 4.90 Å². The van der Waals surface area contributed by atoms with Crippen LogP contribution in [0, 0.1) is 0 Å². The first-order valence-corrected chi connectivity index (χ1v) is 8.13. The fraction of sp³-hybridized carbons (Fsp3) is 0.263. The van der Waals surface area contributed by atoms with Crippen molar-refractivity contribution < 1.29 is 14.3 Å². The number of nitrogens with one attached hydrogen (secondary N) is 2. The number of anilines is 2. The summed E-state index contributed by atoms with van der Waals surface area (Å²) in [6, 6.07) is 16.6. The molecule has 2 N–H and O–H groups in total. The van der Waals surface area contributed by atoms with Crippen LogP contribution in [0.2, 0.25) is 0 Å². The molecule has 0 aliphatic carbocycles. The third-order valence-electron chi connectivity index (χ3n) is 3.67. The van der Waals surface area contributed by atoms with Gasteiger partial charge in [0.15, 0.2) is 0 Å². The molecule has 0 atom stereocenters. The summed E-state index contributed by atoms with van der Waals surface area (Å²) >= 11 is 0. The van der Waals surface area contributed by atoms with Gasteiger partial charge in [-0.15, -0.1) is 12.4 Å². The Morgan fingerprint density at radius 3 is 2.35 bits per heavy atom. The summed E-state index contributed by atoms with van der Waals surface area (Å²) in [4.78, 5) is 26.1. The molecule has 2 aromatic rings. The van der Waals surface area contributed by atoms with Crippen molar-refractivity contribution in [3.63, 3.8) is 0 Å². The monoisotopic (exact) mass is 377 g/mol. The van der Waals surface area contributed by atoms with E-state index < -0.39 is 0 Å². The highest BCUT2D eigenvalue weighted by atomic mass is 35.5. The van der Waals surface area contributed by atoms with Gasteiger partial charge in [-0.2, -0.15) is 0 Å². The Kier molecular flexibility index (Phi) is 9.01. The van der Waals surface area contributed by atoms with E-state index in [0.29, 0.717) is 18.0 Å². The second kappa shape index (κ2) is 11.0. The van der Waals surface area contributed by atoms with E-state index in [1.54, 1.807) is 19.2 Å². The molecule has 26 heavy (non-hydrogen) atoms. The minimum atomic E-state index is -0.264. The first-order valence-electron chi connectivity index (χ1n) is 8.13. The molecule has 0 unspecified atom stereocenters. The van der Waals surface area contributed by atoms with Crippen LogP contribution in [0.25, 0.3) is 0 Å². The fourth-order valence-corrected chi connectivity index (χ4v) is 2.33. The molecule has 0 radical (unpaired) electrons. The first kappa shape index (κ1) is 21.3. The summed E-state index contributed by atoms with van der Waals surface area (Å²) in [6.45, 7) is 2.43. The standard InChI is InChI=1S/C19H23N3O3.ClH/c1-3-22(19(24)13-20-15-9-5-4-6-10-15)14-18(23)21-16-11-7-8-12-17(16)25-2;/h4-12,20H,3,13-14H2,1-2H3,(H,21,23);1H. The van der Waals surface area contributed by atoms with Crippen LogP contribution in [0.4, 0.5) is 11.4 Å². The van der Waals surface area contributed by atoms with Crippen molar-refractivity contribution in [2.45, 2.75) is 6.92 Å². The van der Waals surface area contributed by atoms with Crippen molar-refractivity contribution in [2.24, 2.45) is 0 Å². The van der Waals surface area contributed by atoms with Gasteiger partial charge in [0.1, 0.15) is 5.75 Å². The number of nitrogens with zero attached hydrogens (tertiary/aromatic N) is 1. The van der Waals surface area contributed by atoms with Gasteiger partial charge in [-0.25, -0.2) is 0 Å². The number of likely N-dealkylation sites (N-methyl/N-ethyl adjacent to an activating group) is 1. The highest BCUT2D eigenvalue weighted by Crippen LogP contribution is 2.22. The van der Waals surface area contributed by atoms with Gasteiger partial charge in [-0.1, -0.05) is 30.3 Å². The zero-order chi connectivity index (χ0) is 18.1. The van der Waals surface area contributed by atoms with Crippen molar-refractivity contribution in [3.8, 4) is 5.75 Å². The maximum atomic E-state index is 12.3. The number of hydrogen-bond donors (Lipinski definition) is 2. The van der Waals surface area contributed by atoms with Gasteiger partial charge in [0.25, 0.3) is 0 Å². The Labute approximate surface area is 159 Å². The van der Waals surface area contributed by atoms with Crippen molar-refractivity contribution in [1.29, 1.82) is 0 Å². The predicted octanol–water partition coefficient (Wildman–Crippen LogP) is 3.02. The lowest BCUT2D eigenvalue weighted by atomic mass is 10.3. The average Bonchev–Trinajstić information content (AvgIpc) is 2.65. The lowest BCUT2D eigenvalue weighted by Gasteiger charge is -2.21. The molecule has 0 saturated heterocycles. The quantitative estimate of drug-likeness (QED) is 0.741. The average molecular weight is 378 g/mol. The molecule has 2 amide bonds. The molecule has 6 nitrogen and oxygen atoms in total. The molecule has 7 heteroatoms. The molecular formula is C19H24ClN3O3. The van der Waals surface area contributed by atoms with E-state index in [9.17, 15) is 9.59 Å². The Balaban J connectivity index is 0.00000338. The third kappa shape index (κ3) is 6.29. The van der Waals surface area contributed by atoms with E-state index in [-0.39, 0.29) is 37.3 Å². The summed E-state index contributed by atoms with van der Waals surface area (Å²) in [5.41, 5.74) is 1.45. The molecule has 140 valence electrons. The Bertz CT molecular complexity index is 710. The van der Waals surface area contributed by atoms with E-state index in [1.165, 1.54) is 4.90 Å². The highest BCUT2D eigenvalue weighted by molar-refractivity contribution is 5.96. The van der Waals surface area contributed by atoms with Gasteiger partial charge in [0, 0.05) is 12.2 Å². The van der Waals surface area contributed by atoms with Gasteiger partial charge < -0.3 is 20.3 Å². The van der Waals surface area contributed by atoms with Crippen molar-refractivity contribution >= 4 is 35.6 Å². The second-order valence-corrected chi connectivity index (χ2v) is 5.38. The van der Waals surface area contributed by atoms with Crippen LogP contribution in [0.5, 0.6) is 5.75 Å². The topological polar surface area (TPSA) is 70.7 Å². The number of carbonyl (C=O) groups is 2. The number of carbonyl (C=O) groups excluding carboxylic acids is 2. The number of amides is 2. The van der Waals surface area contributed by atoms with Gasteiger partial charge in [-0.05, 0) is 31.2 Å². The van der Waals surface area contributed by atoms with Crippen LogP contribution in [-0.4, -0.2) is 43.5 Å². The number of benzene rings is 2. The SMILES string of the molecule is CCN(CC(=O)Nc1ccccc1OC)C(=O)CNc1ccccc1.Cl. The van der Waals surface area contributed by atoms with E-state index in [2.05, 4.69) is 10.6 Å². The van der Waals surface area contributed by atoms with Gasteiger partial charge >= 0.3 is 0 Å². The Morgan fingerprint density at radius 2 is 1.69 bits per heavy atom. The van der Waals surface area contributed by atoms with Crippen LogP contribution in [0.3, 0.4) is 0 Å². The maximum Gasteiger partial charge on any atom is 0.244 e. The number of methoxy groups -OCH3 is 1. The Morgan fingerprint density at radius 1 is 1.04 bits per heavy atom. The normalized spacial score (nSPS) is 9.62. The second-order valence-electron chi connectivity index (χ2n) is 5.38. The molecule has 0 aliphatic heterocycles. The molecule has 0 saturated carbocycles. The van der Waals surface area contributed by atoms with Gasteiger partial charge in [-0.3, -0.25) is 9.59 Å². The Hall–Kier alpha value is -2.73. The fourth-order valence-electron chi connectivity index (χ4n) is 2.33. The smallest absolute Gasteiger partial charge is 0.244 e. The largest absolute Gasteiger partial charge is 0.495 e. The number of halogens is 1. The molecule has 0 spiro atoms. The summed E-state index contributed by atoms with van der Waals surface area (Å²) in [7, 11) is 1.54. The molecule has 2 aromatic carbocycles. The minimum Gasteiger partial charge on any atom is -0.495 e.